The molecule has 96 valence electrons. The molecule has 2 aromatic rings. The predicted octanol–water partition coefficient (Wildman–Crippen LogP) is 3.29. The van der Waals surface area contributed by atoms with E-state index in [-0.39, 0.29) is 10.6 Å². The average molecular weight is 295 g/mol. The molecular formula is C10H6ClF3N2OS. The number of hydrogen-bond donors (Lipinski definition) is 1. The minimum atomic E-state index is -4.50. The number of aliphatic hydroxyl groups is 1. The van der Waals surface area contributed by atoms with Crippen LogP contribution in [0.3, 0.4) is 0 Å². The molecule has 0 spiro atoms. The fourth-order valence-corrected chi connectivity index (χ4v) is 2.13. The molecule has 0 fully saturated rings. The maximum Gasteiger partial charge on any atom is 0.443 e. The van der Waals surface area contributed by atoms with Crippen LogP contribution >= 0.6 is 22.9 Å². The van der Waals surface area contributed by atoms with E-state index in [0.29, 0.717) is 16.4 Å². The number of thiazole rings is 1. The monoisotopic (exact) mass is 294 g/mol. The number of rotatable bonds is 2. The van der Waals surface area contributed by atoms with Gasteiger partial charge < -0.3 is 5.11 Å². The van der Waals surface area contributed by atoms with Crippen molar-refractivity contribution in [2.24, 2.45) is 0 Å². The summed E-state index contributed by atoms with van der Waals surface area (Å²) in [7, 11) is 0. The quantitative estimate of drug-likeness (QED) is 0.924. The van der Waals surface area contributed by atoms with Crippen LogP contribution in [0.5, 0.6) is 0 Å². The summed E-state index contributed by atoms with van der Waals surface area (Å²) in [6.45, 7) is 0. The van der Waals surface area contributed by atoms with Crippen LogP contribution in [0.15, 0.2) is 24.5 Å². The minimum absolute atomic E-state index is 0.0807. The highest BCUT2D eigenvalue weighted by atomic mass is 35.5. The Morgan fingerprint density at radius 1 is 1.22 bits per heavy atom. The van der Waals surface area contributed by atoms with E-state index in [1.807, 2.05) is 0 Å². The molecule has 0 saturated heterocycles. The van der Waals surface area contributed by atoms with Crippen LogP contribution in [0, 0.1) is 0 Å². The van der Waals surface area contributed by atoms with E-state index >= 15 is 0 Å². The largest absolute Gasteiger partial charge is 0.443 e. The van der Waals surface area contributed by atoms with E-state index in [4.69, 9.17) is 11.6 Å². The summed E-state index contributed by atoms with van der Waals surface area (Å²) >= 11 is 6.01. The van der Waals surface area contributed by atoms with Crippen molar-refractivity contribution in [1.82, 2.24) is 9.97 Å². The molecule has 0 aliphatic heterocycles. The molecule has 18 heavy (non-hydrogen) atoms. The molecule has 2 aromatic heterocycles. The zero-order valence-corrected chi connectivity index (χ0v) is 10.2. The first-order valence-electron chi connectivity index (χ1n) is 4.70. The second-order valence-corrected chi connectivity index (χ2v) is 4.87. The molecule has 0 saturated carbocycles. The molecule has 2 rings (SSSR count). The third-order valence-corrected chi connectivity index (χ3v) is 3.38. The van der Waals surface area contributed by atoms with Crippen LogP contribution in [0.1, 0.15) is 21.7 Å². The first-order valence-corrected chi connectivity index (χ1v) is 5.90. The van der Waals surface area contributed by atoms with Crippen molar-refractivity contribution in [3.8, 4) is 0 Å². The summed E-state index contributed by atoms with van der Waals surface area (Å²) in [5.41, 5.74) is 0.219. The van der Waals surface area contributed by atoms with Crippen molar-refractivity contribution >= 4 is 22.9 Å². The zero-order valence-electron chi connectivity index (χ0n) is 8.65. The van der Waals surface area contributed by atoms with Crippen LogP contribution in [0.25, 0.3) is 0 Å². The first kappa shape index (κ1) is 13.3. The molecule has 8 heteroatoms. The van der Waals surface area contributed by atoms with Gasteiger partial charge in [0.05, 0.1) is 15.6 Å². The normalized spacial score (nSPS) is 13.6. The maximum absolute atomic E-state index is 12.4. The molecule has 2 heterocycles. The van der Waals surface area contributed by atoms with Gasteiger partial charge in [0.25, 0.3) is 0 Å². The van der Waals surface area contributed by atoms with Crippen LogP contribution in [-0.2, 0) is 6.18 Å². The van der Waals surface area contributed by atoms with E-state index in [0.717, 1.165) is 6.20 Å². The van der Waals surface area contributed by atoms with Crippen molar-refractivity contribution in [3.63, 3.8) is 0 Å². The SMILES string of the molecule is OC(c1ccc(Cl)cn1)c1cnc(C(F)(F)F)s1. The van der Waals surface area contributed by atoms with Crippen LogP contribution < -0.4 is 0 Å². The lowest BCUT2D eigenvalue weighted by molar-refractivity contribution is -0.137. The van der Waals surface area contributed by atoms with E-state index in [2.05, 4.69) is 9.97 Å². The van der Waals surface area contributed by atoms with Gasteiger partial charge in [0.2, 0.25) is 0 Å². The number of halogens is 4. The molecule has 0 bridgehead atoms. The number of aromatic nitrogens is 2. The molecule has 0 aliphatic rings. The maximum atomic E-state index is 12.4. The van der Waals surface area contributed by atoms with Crippen LogP contribution in [0.4, 0.5) is 13.2 Å². The zero-order chi connectivity index (χ0) is 13.3. The average Bonchev–Trinajstić information content (AvgIpc) is 2.78. The molecule has 3 nitrogen and oxygen atoms in total. The van der Waals surface area contributed by atoms with Gasteiger partial charge in [-0.2, -0.15) is 13.2 Å². The van der Waals surface area contributed by atoms with Crippen LogP contribution in [-0.4, -0.2) is 15.1 Å². The van der Waals surface area contributed by atoms with Gasteiger partial charge in [0.1, 0.15) is 6.10 Å². The molecule has 1 atom stereocenters. The Kier molecular flexibility index (Phi) is 3.56. The topological polar surface area (TPSA) is 46.0 Å². The Bertz CT molecular complexity index is 541. The number of hydrogen-bond acceptors (Lipinski definition) is 4. The number of aliphatic hydroxyl groups excluding tert-OH is 1. The summed E-state index contributed by atoms with van der Waals surface area (Å²) < 4.78 is 37.1. The standard InChI is InChI=1S/C10H6ClF3N2OS/c11-5-1-2-6(15-3-5)8(17)7-4-16-9(18-7)10(12,13)14/h1-4,8,17H. The third-order valence-electron chi connectivity index (χ3n) is 2.07. The van der Waals surface area contributed by atoms with Gasteiger partial charge in [0.15, 0.2) is 5.01 Å². The third kappa shape index (κ3) is 2.80. The van der Waals surface area contributed by atoms with Crippen molar-refractivity contribution in [2.75, 3.05) is 0 Å². The minimum Gasteiger partial charge on any atom is -0.381 e. The predicted molar refractivity (Wildman–Crippen MR) is 60.4 cm³/mol. The summed E-state index contributed by atoms with van der Waals surface area (Å²) in [4.78, 5) is 7.15. The van der Waals surface area contributed by atoms with Crippen molar-refractivity contribution in [3.05, 3.63) is 45.1 Å². The van der Waals surface area contributed by atoms with Gasteiger partial charge in [0, 0.05) is 12.4 Å². The Morgan fingerprint density at radius 2 is 1.94 bits per heavy atom. The lowest BCUT2D eigenvalue weighted by Gasteiger charge is -2.06. The highest BCUT2D eigenvalue weighted by Crippen LogP contribution is 2.35. The van der Waals surface area contributed by atoms with E-state index in [9.17, 15) is 18.3 Å². The fourth-order valence-electron chi connectivity index (χ4n) is 1.24. The lowest BCUT2D eigenvalue weighted by Crippen LogP contribution is -2.03. The van der Waals surface area contributed by atoms with Gasteiger partial charge in [-0.3, -0.25) is 4.98 Å². The summed E-state index contributed by atoms with van der Waals surface area (Å²) in [5, 5.41) is 9.25. The Morgan fingerprint density at radius 3 is 2.44 bits per heavy atom. The Labute approximate surface area is 109 Å². The molecule has 0 aromatic carbocycles. The lowest BCUT2D eigenvalue weighted by atomic mass is 10.2. The van der Waals surface area contributed by atoms with Gasteiger partial charge >= 0.3 is 6.18 Å². The van der Waals surface area contributed by atoms with Crippen molar-refractivity contribution in [2.45, 2.75) is 12.3 Å². The molecular weight excluding hydrogens is 289 g/mol. The second kappa shape index (κ2) is 4.83. The second-order valence-electron chi connectivity index (χ2n) is 3.37. The molecule has 0 amide bonds. The number of alkyl halides is 3. The summed E-state index contributed by atoms with van der Waals surface area (Å²) in [6, 6.07) is 2.94. The summed E-state index contributed by atoms with van der Waals surface area (Å²) in [5.74, 6) is 0. The van der Waals surface area contributed by atoms with Gasteiger partial charge in [-0.25, -0.2) is 4.98 Å². The Balaban J connectivity index is 2.26. The van der Waals surface area contributed by atoms with Crippen LogP contribution in [0.2, 0.25) is 5.02 Å². The smallest absolute Gasteiger partial charge is 0.381 e. The fraction of sp³-hybridized carbons (Fsp3) is 0.200. The van der Waals surface area contributed by atoms with Gasteiger partial charge in [-0.1, -0.05) is 11.6 Å². The van der Waals surface area contributed by atoms with E-state index < -0.39 is 17.3 Å². The number of pyridine rings is 1. The van der Waals surface area contributed by atoms with Gasteiger partial charge in [-0.15, -0.1) is 11.3 Å². The molecule has 1 N–H and O–H groups in total. The highest BCUT2D eigenvalue weighted by Gasteiger charge is 2.35. The Hall–Kier alpha value is -1.18. The highest BCUT2D eigenvalue weighted by molar-refractivity contribution is 7.11. The molecule has 0 radical (unpaired) electrons. The number of nitrogens with zero attached hydrogens (tertiary/aromatic N) is 2. The van der Waals surface area contributed by atoms with Crippen molar-refractivity contribution < 1.29 is 18.3 Å². The summed E-state index contributed by atoms with van der Waals surface area (Å²) in [6.07, 6.45) is -3.44. The van der Waals surface area contributed by atoms with Crippen molar-refractivity contribution in [1.29, 1.82) is 0 Å². The van der Waals surface area contributed by atoms with Gasteiger partial charge in [-0.05, 0) is 12.1 Å². The van der Waals surface area contributed by atoms with E-state index in [1.54, 1.807) is 0 Å². The first-order chi connectivity index (χ1) is 8.38. The van der Waals surface area contributed by atoms with E-state index in [1.165, 1.54) is 18.3 Å². The molecule has 1 unspecified atom stereocenters. The molecule has 0 aliphatic carbocycles.